The molecule has 64 valence electrons. The number of carbonyl (C=O) groups is 1. The van der Waals surface area contributed by atoms with E-state index >= 15 is 0 Å². The summed E-state index contributed by atoms with van der Waals surface area (Å²) >= 11 is 1.62. The van der Waals surface area contributed by atoms with Crippen LogP contribution in [-0.2, 0) is 4.79 Å². The molecule has 0 aromatic carbocycles. The Kier molecular flexibility index (Phi) is 5.30. The van der Waals surface area contributed by atoms with Gasteiger partial charge in [0.25, 0.3) is 0 Å². The third-order valence-corrected chi connectivity index (χ3v) is 2.15. The maximum Gasteiger partial charge on any atom is 0.165 e. The van der Waals surface area contributed by atoms with Crippen molar-refractivity contribution in [2.45, 2.75) is 27.7 Å². The van der Waals surface area contributed by atoms with Gasteiger partial charge in [-0.3, -0.25) is 4.79 Å². The van der Waals surface area contributed by atoms with Gasteiger partial charge in [-0.2, -0.15) is 0 Å². The molecule has 0 radical (unpaired) electrons. The van der Waals surface area contributed by atoms with Crippen molar-refractivity contribution in [2.24, 2.45) is 5.92 Å². The summed E-state index contributed by atoms with van der Waals surface area (Å²) in [5.74, 6) is 1.62. The van der Waals surface area contributed by atoms with Gasteiger partial charge >= 0.3 is 0 Å². The van der Waals surface area contributed by atoms with Crippen molar-refractivity contribution in [2.75, 3.05) is 5.75 Å². The molecule has 0 heterocycles. The van der Waals surface area contributed by atoms with E-state index in [-0.39, 0.29) is 5.78 Å². The monoisotopic (exact) mass is 172 g/mol. The molecule has 0 rings (SSSR count). The molecule has 11 heavy (non-hydrogen) atoms. The molecule has 0 spiro atoms. The Balaban J connectivity index is 4.20. The number of hydrogen-bond acceptors (Lipinski definition) is 2. The second-order valence-corrected chi connectivity index (χ2v) is 4.07. The Labute approximate surface area is 73.3 Å². The molecule has 0 atom stereocenters. The van der Waals surface area contributed by atoms with Crippen LogP contribution in [0, 0.1) is 5.92 Å². The molecule has 0 aliphatic heterocycles. The SMILES string of the molecule is CCS/C(=C\C(C)C)C(C)=O. The predicted octanol–water partition coefficient (Wildman–Crippen LogP) is 2.87. The molecule has 0 amide bonds. The topological polar surface area (TPSA) is 17.1 Å². The number of rotatable bonds is 4. The molecule has 0 aliphatic carbocycles. The Morgan fingerprint density at radius 3 is 2.36 bits per heavy atom. The maximum absolute atomic E-state index is 11.0. The quantitative estimate of drug-likeness (QED) is 0.606. The van der Waals surface area contributed by atoms with Crippen molar-refractivity contribution in [3.05, 3.63) is 11.0 Å². The van der Waals surface area contributed by atoms with Gasteiger partial charge in [0.05, 0.1) is 0 Å². The van der Waals surface area contributed by atoms with Gasteiger partial charge in [0.2, 0.25) is 0 Å². The summed E-state index contributed by atoms with van der Waals surface area (Å²) < 4.78 is 0. The fourth-order valence-corrected chi connectivity index (χ4v) is 1.61. The lowest BCUT2D eigenvalue weighted by Crippen LogP contribution is -1.95. The van der Waals surface area contributed by atoms with Crippen molar-refractivity contribution in [3.8, 4) is 0 Å². The van der Waals surface area contributed by atoms with Gasteiger partial charge in [-0.1, -0.05) is 26.8 Å². The summed E-state index contributed by atoms with van der Waals surface area (Å²) in [7, 11) is 0. The Bertz CT molecular complexity index is 159. The minimum atomic E-state index is 0.186. The van der Waals surface area contributed by atoms with Crippen LogP contribution < -0.4 is 0 Å². The molecule has 0 fully saturated rings. The van der Waals surface area contributed by atoms with E-state index < -0.39 is 0 Å². The minimum absolute atomic E-state index is 0.186. The van der Waals surface area contributed by atoms with Gasteiger partial charge in [0.15, 0.2) is 5.78 Å². The standard InChI is InChI=1S/C9H16OS/c1-5-11-9(8(4)10)6-7(2)3/h6-7H,5H2,1-4H3/b9-6-. The molecule has 2 heteroatoms. The third-order valence-electron chi connectivity index (χ3n) is 1.13. The number of allylic oxidation sites excluding steroid dienone is 2. The normalized spacial score (nSPS) is 12.3. The zero-order chi connectivity index (χ0) is 8.85. The fourth-order valence-electron chi connectivity index (χ4n) is 0.725. The Hall–Kier alpha value is -0.240. The van der Waals surface area contributed by atoms with E-state index in [1.54, 1.807) is 18.7 Å². The number of hydrogen-bond donors (Lipinski definition) is 0. The predicted molar refractivity (Wildman–Crippen MR) is 51.7 cm³/mol. The second kappa shape index (κ2) is 5.42. The largest absolute Gasteiger partial charge is 0.294 e. The number of thioether (sulfide) groups is 1. The zero-order valence-electron chi connectivity index (χ0n) is 7.68. The highest BCUT2D eigenvalue weighted by Crippen LogP contribution is 2.17. The van der Waals surface area contributed by atoms with E-state index in [9.17, 15) is 4.79 Å². The van der Waals surface area contributed by atoms with Gasteiger partial charge in [-0.25, -0.2) is 0 Å². The first-order valence-electron chi connectivity index (χ1n) is 3.93. The lowest BCUT2D eigenvalue weighted by atomic mass is 10.2. The van der Waals surface area contributed by atoms with Crippen LogP contribution in [0.5, 0.6) is 0 Å². The van der Waals surface area contributed by atoms with Crippen LogP contribution in [0.25, 0.3) is 0 Å². The molecular weight excluding hydrogens is 156 g/mol. The molecule has 0 N–H and O–H groups in total. The van der Waals surface area contributed by atoms with E-state index in [1.165, 1.54) is 0 Å². The van der Waals surface area contributed by atoms with Gasteiger partial charge in [-0.15, -0.1) is 11.8 Å². The molecule has 0 aromatic heterocycles. The van der Waals surface area contributed by atoms with E-state index in [2.05, 4.69) is 20.8 Å². The molecule has 0 unspecified atom stereocenters. The van der Waals surface area contributed by atoms with Crippen molar-refractivity contribution < 1.29 is 4.79 Å². The average molecular weight is 172 g/mol. The summed E-state index contributed by atoms with van der Waals surface area (Å²) in [6, 6.07) is 0. The highest BCUT2D eigenvalue weighted by molar-refractivity contribution is 8.03. The molecular formula is C9H16OS. The molecule has 0 bridgehead atoms. The van der Waals surface area contributed by atoms with Gasteiger partial charge < -0.3 is 0 Å². The lowest BCUT2D eigenvalue weighted by Gasteiger charge is -2.02. The molecule has 0 saturated heterocycles. The first-order chi connectivity index (χ1) is 5.07. The highest BCUT2D eigenvalue weighted by atomic mass is 32.2. The average Bonchev–Trinajstić information content (AvgIpc) is 1.86. The summed E-state index contributed by atoms with van der Waals surface area (Å²) in [6.07, 6.45) is 2.02. The summed E-state index contributed by atoms with van der Waals surface area (Å²) in [4.78, 5) is 11.9. The Morgan fingerprint density at radius 2 is 2.09 bits per heavy atom. The molecule has 0 aliphatic rings. The lowest BCUT2D eigenvalue weighted by molar-refractivity contribution is -0.113. The second-order valence-electron chi connectivity index (χ2n) is 2.76. The molecule has 1 nitrogen and oxygen atoms in total. The van der Waals surface area contributed by atoms with Crippen molar-refractivity contribution in [3.63, 3.8) is 0 Å². The molecule has 0 aromatic rings. The minimum Gasteiger partial charge on any atom is -0.294 e. The van der Waals surface area contributed by atoms with Gasteiger partial charge in [0, 0.05) is 4.91 Å². The zero-order valence-corrected chi connectivity index (χ0v) is 8.49. The van der Waals surface area contributed by atoms with Crippen LogP contribution in [0.3, 0.4) is 0 Å². The fraction of sp³-hybridized carbons (Fsp3) is 0.667. The maximum atomic E-state index is 11.0. The van der Waals surface area contributed by atoms with Gasteiger partial charge in [-0.05, 0) is 18.6 Å². The van der Waals surface area contributed by atoms with Crippen LogP contribution in [-0.4, -0.2) is 11.5 Å². The third kappa shape index (κ3) is 5.08. The van der Waals surface area contributed by atoms with Crippen LogP contribution in [0.15, 0.2) is 11.0 Å². The number of Topliss-reactive ketones (excluding diaryl/α,β-unsaturated/α-hetero) is 1. The van der Waals surface area contributed by atoms with E-state index in [0.717, 1.165) is 10.7 Å². The van der Waals surface area contributed by atoms with Crippen molar-refractivity contribution in [1.29, 1.82) is 0 Å². The Morgan fingerprint density at radius 1 is 1.55 bits per heavy atom. The van der Waals surface area contributed by atoms with Crippen molar-refractivity contribution in [1.82, 2.24) is 0 Å². The van der Waals surface area contributed by atoms with Crippen LogP contribution >= 0.6 is 11.8 Å². The number of carbonyl (C=O) groups excluding carboxylic acids is 1. The summed E-state index contributed by atoms with van der Waals surface area (Å²) in [5.41, 5.74) is 0. The first-order valence-corrected chi connectivity index (χ1v) is 4.92. The van der Waals surface area contributed by atoms with E-state index in [1.807, 2.05) is 6.08 Å². The van der Waals surface area contributed by atoms with Crippen LogP contribution in [0.4, 0.5) is 0 Å². The van der Waals surface area contributed by atoms with Crippen LogP contribution in [0.2, 0.25) is 0 Å². The first kappa shape index (κ1) is 10.8. The summed E-state index contributed by atoms with van der Waals surface area (Å²) in [5, 5.41) is 0. The van der Waals surface area contributed by atoms with E-state index in [0.29, 0.717) is 5.92 Å². The van der Waals surface area contributed by atoms with Gasteiger partial charge in [0.1, 0.15) is 0 Å². The highest BCUT2D eigenvalue weighted by Gasteiger charge is 2.03. The summed E-state index contributed by atoms with van der Waals surface area (Å²) in [6.45, 7) is 7.84. The van der Waals surface area contributed by atoms with Crippen LogP contribution in [0.1, 0.15) is 27.7 Å². The number of ketones is 1. The smallest absolute Gasteiger partial charge is 0.165 e. The van der Waals surface area contributed by atoms with E-state index in [4.69, 9.17) is 0 Å². The van der Waals surface area contributed by atoms with Crippen molar-refractivity contribution >= 4 is 17.5 Å². The molecule has 0 saturated carbocycles.